The molecule has 0 fully saturated rings. The lowest BCUT2D eigenvalue weighted by Crippen LogP contribution is -2.44. The van der Waals surface area contributed by atoms with Crippen molar-refractivity contribution >= 4 is 28.1 Å². The number of para-hydroxylation sites is 1. The predicted octanol–water partition coefficient (Wildman–Crippen LogP) is 2.80. The molecule has 0 unspecified atom stereocenters. The van der Waals surface area contributed by atoms with E-state index in [9.17, 15) is 4.79 Å². The van der Waals surface area contributed by atoms with Gasteiger partial charge in [-0.25, -0.2) is 0 Å². The summed E-state index contributed by atoms with van der Waals surface area (Å²) < 4.78 is 0. The number of hydrogen-bond donors (Lipinski definition) is 2. The minimum absolute atomic E-state index is 0.118. The first kappa shape index (κ1) is 15.4. The van der Waals surface area contributed by atoms with Crippen molar-refractivity contribution in [3.05, 3.63) is 51.8 Å². The maximum atomic E-state index is 12.5. The van der Waals surface area contributed by atoms with Gasteiger partial charge in [-0.05, 0) is 36.4 Å². The molecule has 3 heterocycles. The van der Waals surface area contributed by atoms with Gasteiger partial charge >= 0.3 is 0 Å². The summed E-state index contributed by atoms with van der Waals surface area (Å²) in [5, 5.41) is 13.1. The lowest BCUT2D eigenvalue weighted by atomic mass is 10.1. The van der Waals surface area contributed by atoms with Crippen molar-refractivity contribution in [2.75, 3.05) is 13.1 Å². The number of nitrogens with zero attached hydrogens (tertiary/aromatic N) is 2. The lowest BCUT2D eigenvalue weighted by Gasteiger charge is -2.32. The molecule has 0 radical (unpaired) electrons. The monoisotopic (exact) mass is 340 g/mol. The van der Waals surface area contributed by atoms with Crippen molar-refractivity contribution in [2.45, 2.75) is 25.9 Å². The van der Waals surface area contributed by atoms with E-state index < -0.39 is 0 Å². The fourth-order valence-electron chi connectivity index (χ4n) is 3.24. The van der Waals surface area contributed by atoms with Gasteiger partial charge in [-0.15, -0.1) is 11.3 Å². The Balaban J connectivity index is 1.39. The Morgan fingerprint density at radius 1 is 1.42 bits per heavy atom. The van der Waals surface area contributed by atoms with Crippen LogP contribution >= 0.6 is 11.3 Å². The van der Waals surface area contributed by atoms with Crippen LogP contribution in [0.3, 0.4) is 0 Å². The van der Waals surface area contributed by atoms with Gasteiger partial charge in [0.2, 0.25) is 0 Å². The number of aromatic amines is 1. The number of carbonyl (C=O) groups excluding carboxylic acids is 1. The van der Waals surface area contributed by atoms with Crippen LogP contribution in [0.1, 0.15) is 27.9 Å². The summed E-state index contributed by atoms with van der Waals surface area (Å²) in [6.07, 6.45) is 1.11. The van der Waals surface area contributed by atoms with E-state index in [1.54, 1.807) is 0 Å². The van der Waals surface area contributed by atoms with Gasteiger partial charge in [0.05, 0.1) is 5.52 Å². The molecular formula is C18H20N4OS. The number of nitrogens with one attached hydrogen (secondary N) is 2. The van der Waals surface area contributed by atoms with Crippen LogP contribution in [0.4, 0.5) is 0 Å². The van der Waals surface area contributed by atoms with Crippen LogP contribution in [0.25, 0.3) is 10.9 Å². The van der Waals surface area contributed by atoms with Gasteiger partial charge in [-0.3, -0.25) is 14.8 Å². The van der Waals surface area contributed by atoms with Gasteiger partial charge in [-0.1, -0.05) is 18.2 Å². The second kappa shape index (κ2) is 6.37. The average Bonchev–Trinajstić information content (AvgIpc) is 3.25. The molecule has 5 nitrogen and oxygen atoms in total. The average molecular weight is 340 g/mol. The standard InChI is InChI=1S/C18H20N4OS/c1-12(22-8-6-16-13(11-22)7-9-24-16)10-19-18(23)17-14-4-2-3-5-15(14)20-21-17/h2-5,7,9,12H,6,8,10-11H2,1H3,(H,19,23)(H,20,21)/t12-/m1/s1. The van der Waals surface area contributed by atoms with Crippen molar-refractivity contribution in [3.63, 3.8) is 0 Å². The van der Waals surface area contributed by atoms with E-state index in [1.807, 2.05) is 35.6 Å². The molecule has 0 aliphatic carbocycles. The van der Waals surface area contributed by atoms with E-state index in [0.29, 0.717) is 18.3 Å². The molecule has 1 aliphatic heterocycles. The van der Waals surface area contributed by atoms with Gasteiger partial charge in [-0.2, -0.15) is 5.10 Å². The van der Waals surface area contributed by atoms with Gasteiger partial charge in [0.15, 0.2) is 5.69 Å². The largest absolute Gasteiger partial charge is 0.349 e. The number of amides is 1. The van der Waals surface area contributed by atoms with E-state index >= 15 is 0 Å². The van der Waals surface area contributed by atoms with Crippen molar-refractivity contribution in [1.82, 2.24) is 20.4 Å². The molecule has 1 aromatic carbocycles. The van der Waals surface area contributed by atoms with Gasteiger partial charge < -0.3 is 5.32 Å². The zero-order chi connectivity index (χ0) is 16.5. The molecule has 4 rings (SSSR count). The number of aromatic nitrogens is 2. The van der Waals surface area contributed by atoms with E-state index in [4.69, 9.17) is 0 Å². The minimum Gasteiger partial charge on any atom is -0.349 e. The number of hydrogen-bond acceptors (Lipinski definition) is 4. The fourth-order valence-corrected chi connectivity index (χ4v) is 4.13. The van der Waals surface area contributed by atoms with Crippen LogP contribution in [-0.4, -0.2) is 40.1 Å². The molecule has 2 aromatic heterocycles. The van der Waals surface area contributed by atoms with Crippen LogP contribution in [0, 0.1) is 0 Å². The highest BCUT2D eigenvalue weighted by Gasteiger charge is 2.22. The molecule has 2 N–H and O–H groups in total. The van der Waals surface area contributed by atoms with Crippen LogP contribution in [0.2, 0.25) is 0 Å². The lowest BCUT2D eigenvalue weighted by molar-refractivity contribution is 0.0929. The van der Waals surface area contributed by atoms with E-state index in [0.717, 1.165) is 30.4 Å². The third-order valence-electron chi connectivity index (χ3n) is 4.70. The minimum atomic E-state index is -0.118. The third kappa shape index (κ3) is 2.83. The molecule has 1 atom stereocenters. The molecule has 24 heavy (non-hydrogen) atoms. The number of rotatable bonds is 4. The molecule has 3 aromatic rings. The Bertz CT molecular complexity index is 869. The number of benzene rings is 1. The second-order valence-corrected chi connectivity index (χ2v) is 7.27. The molecule has 1 amide bonds. The van der Waals surface area contributed by atoms with Crippen LogP contribution < -0.4 is 5.32 Å². The molecule has 124 valence electrons. The van der Waals surface area contributed by atoms with Crippen LogP contribution in [-0.2, 0) is 13.0 Å². The summed E-state index contributed by atoms with van der Waals surface area (Å²) in [6, 6.07) is 10.2. The van der Waals surface area contributed by atoms with Crippen molar-refractivity contribution in [1.29, 1.82) is 0 Å². The van der Waals surface area contributed by atoms with Gasteiger partial charge in [0.1, 0.15) is 0 Å². The normalized spacial score (nSPS) is 16.0. The summed E-state index contributed by atoms with van der Waals surface area (Å²) in [7, 11) is 0. The molecule has 0 bridgehead atoms. The topological polar surface area (TPSA) is 61.0 Å². The van der Waals surface area contributed by atoms with E-state index in [1.165, 1.54) is 10.4 Å². The first-order valence-corrected chi connectivity index (χ1v) is 9.11. The SMILES string of the molecule is C[C@H](CNC(=O)c1n[nH]c2ccccc12)N1CCc2sccc2C1. The number of carbonyl (C=O) groups is 1. The Hall–Kier alpha value is -2.18. The van der Waals surface area contributed by atoms with Crippen molar-refractivity contribution in [2.24, 2.45) is 0 Å². The predicted molar refractivity (Wildman–Crippen MR) is 96.3 cm³/mol. The van der Waals surface area contributed by atoms with Gasteiger partial charge in [0, 0.05) is 35.9 Å². The molecular weight excluding hydrogens is 320 g/mol. The quantitative estimate of drug-likeness (QED) is 0.768. The van der Waals surface area contributed by atoms with Crippen molar-refractivity contribution in [3.8, 4) is 0 Å². The first-order chi connectivity index (χ1) is 11.7. The Labute approximate surface area is 144 Å². The third-order valence-corrected chi connectivity index (χ3v) is 5.73. The van der Waals surface area contributed by atoms with Crippen LogP contribution in [0.5, 0.6) is 0 Å². The summed E-state index contributed by atoms with van der Waals surface area (Å²) in [5.74, 6) is -0.118. The summed E-state index contributed by atoms with van der Waals surface area (Å²) in [4.78, 5) is 16.4. The summed E-state index contributed by atoms with van der Waals surface area (Å²) in [6.45, 7) is 4.82. The smallest absolute Gasteiger partial charge is 0.272 e. The molecule has 0 spiro atoms. The highest BCUT2D eigenvalue weighted by molar-refractivity contribution is 7.10. The Morgan fingerprint density at radius 3 is 3.21 bits per heavy atom. The van der Waals surface area contributed by atoms with E-state index in [-0.39, 0.29) is 5.91 Å². The maximum absolute atomic E-state index is 12.5. The molecule has 0 saturated heterocycles. The Morgan fingerprint density at radius 2 is 2.29 bits per heavy atom. The fraction of sp³-hybridized carbons (Fsp3) is 0.333. The number of fused-ring (bicyclic) bond motifs is 2. The zero-order valence-corrected chi connectivity index (χ0v) is 14.4. The summed E-state index contributed by atoms with van der Waals surface area (Å²) >= 11 is 1.85. The van der Waals surface area contributed by atoms with E-state index in [2.05, 4.69) is 38.8 Å². The molecule has 6 heteroatoms. The van der Waals surface area contributed by atoms with Gasteiger partial charge in [0.25, 0.3) is 5.91 Å². The maximum Gasteiger partial charge on any atom is 0.272 e. The number of thiophene rings is 1. The highest BCUT2D eigenvalue weighted by atomic mass is 32.1. The summed E-state index contributed by atoms with van der Waals surface area (Å²) in [5.41, 5.74) is 2.79. The second-order valence-electron chi connectivity index (χ2n) is 6.27. The molecule has 0 saturated carbocycles. The van der Waals surface area contributed by atoms with Crippen molar-refractivity contribution < 1.29 is 4.79 Å². The molecule has 1 aliphatic rings. The highest BCUT2D eigenvalue weighted by Crippen LogP contribution is 2.25. The first-order valence-electron chi connectivity index (χ1n) is 8.23. The Kier molecular flexibility index (Phi) is 4.08. The zero-order valence-electron chi connectivity index (χ0n) is 13.6. The van der Waals surface area contributed by atoms with Crippen LogP contribution in [0.15, 0.2) is 35.7 Å². The number of H-pyrrole nitrogens is 1.